The largest absolute Gasteiger partial charge is 0.452 e. The van der Waals surface area contributed by atoms with Crippen molar-refractivity contribution in [3.05, 3.63) is 69.8 Å². The molecule has 0 fully saturated rings. The molecule has 148 valence electrons. The van der Waals surface area contributed by atoms with E-state index >= 15 is 0 Å². The van der Waals surface area contributed by atoms with Crippen molar-refractivity contribution in [2.24, 2.45) is 0 Å². The van der Waals surface area contributed by atoms with Crippen molar-refractivity contribution in [2.45, 2.75) is 13.8 Å². The zero-order chi connectivity index (χ0) is 20.5. The zero-order valence-corrected chi connectivity index (χ0v) is 15.9. The van der Waals surface area contributed by atoms with Crippen LogP contribution in [0, 0.1) is 17.0 Å². The third kappa shape index (κ3) is 6.08. The number of aryl methyl sites for hydroxylation is 1. The van der Waals surface area contributed by atoms with Crippen LogP contribution in [0.1, 0.15) is 22.8 Å². The van der Waals surface area contributed by atoms with Gasteiger partial charge in [-0.05, 0) is 43.7 Å². The molecule has 0 bridgehead atoms. The lowest BCUT2D eigenvalue weighted by atomic mass is 10.2. The molecule has 2 aromatic carbocycles. The van der Waals surface area contributed by atoms with Crippen LogP contribution in [-0.4, -0.2) is 43.0 Å². The standard InChI is InChI=1S/C20H23N3O5/c1-3-22(18-6-4-5-15(2)13-18)12-11-21-19(24)14-28-20(25)16-7-9-17(10-8-16)23(26)27/h4-10,13H,3,11-12,14H2,1-2H3,(H,21,24). The first-order chi connectivity index (χ1) is 13.4. The SMILES string of the molecule is CCN(CCNC(=O)COC(=O)c1ccc([N+](=O)[O-])cc1)c1cccc(C)c1. The zero-order valence-electron chi connectivity index (χ0n) is 15.9. The number of hydrogen-bond acceptors (Lipinski definition) is 6. The predicted molar refractivity (Wildman–Crippen MR) is 105 cm³/mol. The summed E-state index contributed by atoms with van der Waals surface area (Å²) in [4.78, 5) is 36.0. The Bertz CT molecular complexity index is 836. The van der Waals surface area contributed by atoms with Crippen LogP contribution in [0.15, 0.2) is 48.5 Å². The van der Waals surface area contributed by atoms with E-state index in [1.165, 1.54) is 24.3 Å². The van der Waals surface area contributed by atoms with E-state index in [0.717, 1.165) is 17.8 Å². The van der Waals surface area contributed by atoms with Gasteiger partial charge in [-0.15, -0.1) is 0 Å². The monoisotopic (exact) mass is 385 g/mol. The Morgan fingerprint density at radius 2 is 1.89 bits per heavy atom. The second kappa shape index (κ2) is 10.1. The lowest BCUT2D eigenvalue weighted by molar-refractivity contribution is -0.384. The molecule has 0 aliphatic heterocycles. The van der Waals surface area contributed by atoms with Gasteiger partial charge < -0.3 is 15.0 Å². The lowest BCUT2D eigenvalue weighted by Gasteiger charge is -2.23. The van der Waals surface area contributed by atoms with E-state index in [1.54, 1.807) is 0 Å². The molecule has 0 aromatic heterocycles. The molecule has 0 aliphatic carbocycles. The van der Waals surface area contributed by atoms with E-state index in [1.807, 2.05) is 32.0 Å². The Kier molecular flexibility index (Phi) is 7.50. The summed E-state index contributed by atoms with van der Waals surface area (Å²) in [7, 11) is 0. The third-order valence-corrected chi connectivity index (χ3v) is 4.10. The fraction of sp³-hybridized carbons (Fsp3) is 0.300. The Morgan fingerprint density at radius 1 is 1.18 bits per heavy atom. The van der Waals surface area contributed by atoms with Crippen LogP contribution in [0.5, 0.6) is 0 Å². The van der Waals surface area contributed by atoms with E-state index in [4.69, 9.17) is 4.74 Å². The van der Waals surface area contributed by atoms with Crippen molar-refractivity contribution in [1.82, 2.24) is 5.32 Å². The van der Waals surface area contributed by atoms with Crippen LogP contribution in [0.2, 0.25) is 0 Å². The molecule has 0 atom stereocenters. The van der Waals surface area contributed by atoms with E-state index in [-0.39, 0.29) is 11.3 Å². The van der Waals surface area contributed by atoms with Crippen molar-refractivity contribution in [1.29, 1.82) is 0 Å². The summed E-state index contributed by atoms with van der Waals surface area (Å²) >= 11 is 0. The van der Waals surface area contributed by atoms with Crippen LogP contribution in [-0.2, 0) is 9.53 Å². The Hall–Kier alpha value is -3.42. The summed E-state index contributed by atoms with van der Waals surface area (Å²) in [5.74, 6) is -1.12. The van der Waals surface area contributed by atoms with Gasteiger partial charge in [0.05, 0.1) is 10.5 Å². The third-order valence-electron chi connectivity index (χ3n) is 4.10. The van der Waals surface area contributed by atoms with Crippen molar-refractivity contribution >= 4 is 23.3 Å². The number of carbonyl (C=O) groups is 2. The average Bonchev–Trinajstić information content (AvgIpc) is 2.69. The van der Waals surface area contributed by atoms with Crippen LogP contribution >= 0.6 is 0 Å². The highest BCUT2D eigenvalue weighted by atomic mass is 16.6. The van der Waals surface area contributed by atoms with Gasteiger partial charge in [-0.3, -0.25) is 14.9 Å². The molecule has 2 aromatic rings. The number of ether oxygens (including phenoxy) is 1. The van der Waals surface area contributed by atoms with Gasteiger partial charge in [0.15, 0.2) is 6.61 Å². The molecule has 2 rings (SSSR count). The Labute approximate surface area is 163 Å². The molecule has 0 spiro atoms. The van der Waals surface area contributed by atoms with Gasteiger partial charge in [0, 0.05) is 37.5 Å². The fourth-order valence-corrected chi connectivity index (χ4v) is 2.61. The minimum Gasteiger partial charge on any atom is -0.452 e. The number of hydrogen-bond donors (Lipinski definition) is 1. The maximum absolute atomic E-state index is 11.9. The molecule has 0 saturated carbocycles. The average molecular weight is 385 g/mol. The lowest BCUT2D eigenvalue weighted by Crippen LogP contribution is -2.36. The maximum Gasteiger partial charge on any atom is 0.338 e. The molecule has 0 saturated heterocycles. The minimum absolute atomic E-state index is 0.122. The van der Waals surface area contributed by atoms with Gasteiger partial charge in [-0.1, -0.05) is 12.1 Å². The quantitative estimate of drug-likeness (QED) is 0.405. The fourth-order valence-electron chi connectivity index (χ4n) is 2.61. The van der Waals surface area contributed by atoms with Gasteiger partial charge in [0.2, 0.25) is 0 Å². The first-order valence-corrected chi connectivity index (χ1v) is 8.90. The number of non-ortho nitro benzene ring substituents is 1. The second-order valence-electron chi connectivity index (χ2n) is 6.15. The first kappa shape index (κ1) is 20.9. The first-order valence-electron chi connectivity index (χ1n) is 8.90. The molecule has 0 heterocycles. The van der Waals surface area contributed by atoms with E-state index in [0.29, 0.717) is 13.1 Å². The number of benzene rings is 2. The van der Waals surface area contributed by atoms with Crippen molar-refractivity contribution < 1.29 is 19.2 Å². The Balaban J connectivity index is 1.76. The highest BCUT2D eigenvalue weighted by molar-refractivity contribution is 5.91. The Morgan fingerprint density at radius 3 is 2.50 bits per heavy atom. The van der Waals surface area contributed by atoms with E-state index in [9.17, 15) is 19.7 Å². The van der Waals surface area contributed by atoms with Crippen LogP contribution < -0.4 is 10.2 Å². The maximum atomic E-state index is 11.9. The number of amides is 1. The van der Waals surface area contributed by atoms with Gasteiger partial charge >= 0.3 is 5.97 Å². The minimum atomic E-state index is -0.708. The van der Waals surface area contributed by atoms with Gasteiger partial charge in [-0.2, -0.15) is 0 Å². The molecule has 1 amide bonds. The highest BCUT2D eigenvalue weighted by Crippen LogP contribution is 2.15. The number of nitro benzene ring substituents is 1. The highest BCUT2D eigenvalue weighted by Gasteiger charge is 2.12. The van der Waals surface area contributed by atoms with Crippen molar-refractivity contribution in [3.8, 4) is 0 Å². The number of nitrogens with zero attached hydrogens (tertiary/aromatic N) is 2. The molecule has 28 heavy (non-hydrogen) atoms. The van der Waals surface area contributed by atoms with Crippen molar-refractivity contribution in [3.63, 3.8) is 0 Å². The summed E-state index contributed by atoms with van der Waals surface area (Å²) in [5, 5.41) is 13.3. The normalized spacial score (nSPS) is 10.2. The molecule has 0 unspecified atom stereocenters. The molecule has 8 heteroatoms. The molecule has 8 nitrogen and oxygen atoms in total. The smallest absolute Gasteiger partial charge is 0.338 e. The predicted octanol–water partition coefficient (Wildman–Crippen LogP) is 2.70. The van der Waals surface area contributed by atoms with Crippen molar-refractivity contribution in [2.75, 3.05) is 31.1 Å². The second-order valence-corrected chi connectivity index (χ2v) is 6.15. The van der Waals surface area contributed by atoms with Crippen LogP contribution in [0.3, 0.4) is 0 Å². The van der Waals surface area contributed by atoms with Gasteiger partial charge in [0.1, 0.15) is 0 Å². The number of esters is 1. The molecule has 1 N–H and O–H groups in total. The summed E-state index contributed by atoms with van der Waals surface area (Å²) in [6.07, 6.45) is 0. The number of carbonyl (C=O) groups excluding carboxylic acids is 2. The summed E-state index contributed by atoms with van der Waals surface area (Å²) < 4.78 is 4.94. The summed E-state index contributed by atoms with van der Waals surface area (Å²) in [5.41, 5.74) is 2.28. The van der Waals surface area contributed by atoms with E-state index in [2.05, 4.69) is 16.3 Å². The van der Waals surface area contributed by atoms with E-state index < -0.39 is 23.4 Å². The van der Waals surface area contributed by atoms with Gasteiger partial charge in [0.25, 0.3) is 11.6 Å². The molecular weight excluding hydrogens is 362 g/mol. The number of nitrogens with one attached hydrogen (secondary N) is 1. The summed E-state index contributed by atoms with van der Waals surface area (Å²) in [6, 6.07) is 13.1. The number of rotatable bonds is 9. The topological polar surface area (TPSA) is 102 Å². The summed E-state index contributed by atoms with van der Waals surface area (Å²) in [6.45, 7) is 5.49. The number of anilines is 1. The van der Waals surface area contributed by atoms with Gasteiger partial charge in [-0.25, -0.2) is 4.79 Å². The molecule has 0 aliphatic rings. The van der Waals surface area contributed by atoms with Crippen LogP contribution in [0.4, 0.5) is 11.4 Å². The van der Waals surface area contributed by atoms with Crippen LogP contribution in [0.25, 0.3) is 0 Å². The molecule has 0 radical (unpaired) electrons. The number of likely N-dealkylation sites (N-methyl/N-ethyl adjacent to an activating group) is 1. The molecular formula is C20H23N3O5. The number of nitro groups is 1.